The van der Waals surface area contributed by atoms with Crippen molar-refractivity contribution in [3.05, 3.63) is 50.2 Å². The predicted octanol–water partition coefficient (Wildman–Crippen LogP) is 2.28. The third kappa shape index (κ3) is 3.86. The molecule has 2 aliphatic heterocycles. The lowest BCUT2D eigenvalue weighted by Crippen LogP contribution is -2.47. The second kappa shape index (κ2) is 9.00. The first-order chi connectivity index (χ1) is 18.7. The number of piperazine rings is 1. The number of nitrogens with zero attached hydrogens (tertiary/aromatic N) is 8. The number of hydrogen-bond acceptors (Lipinski definition) is 11. The number of carboxylic acid groups (broad SMARTS) is 1. The molecule has 0 spiro atoms. The Morgan fingerprint density at radius 2 is 1.97 bits per heavy atom. The highest BCUT2D eigenvalue weighted by Gasteiger charge is 2.32. The number of aromatic carboxylic acids is 1. The van der Waals surface area contributed by atoms with Crippen molar-refractivity contribution < 1.29 is 24.0 Å². The Hall–Kier alpha value is -4.60. The number of carboxylic acids is 1. The maximum Gasteiger partial charge on any atom is 0.342 e. The molecule has 3 aromatic heterocycles. The van der Waals surface area contributed by atoms with E-state index in [2.05, 4.69) is 15.2 Å². The van der Waals surface area contributed by atoms with Gasteiger partial charge < -0.3 is 34.3 Å². The van der Waals surface area contributed by atoms with E-state index in [1.165, 1.54) is 35.3 Å². The molecule has 1 saturated heterocycles. The SMILES string of the molecule is C[C@H]1COc2c(N3CCN(c4nnc(-c5ncc([N+](=O)[O-])n5C)s4)CC3)c(F)cc3c(=O)c(C(=O)O)cn1c23. The van der Waals surface area contributed by atoms with Crippen LogP contribution >= 0.6 is 11.3 Å². The number of anilines is 2. The van der Waals surface area contributed by atoms with E-state index in [-0.39, 0.29) is 35.3 Å². The molecule has 0 unspecified atom stereocenters. The molecule has 5 heterocycles. The summed E-state index contributed by atoms with van der Waals surface area (Å²) in [7, 11) is 1.54. The quantitative estimate of drug-likeness (QED) is 0.283. The molecule has 0 amide bonds. The average Bonchev–Trinajstić information content (AvgIpc) is 3.54. The van der Waals surface area contributed by atoms with Crippen LogP contribution in [0.2, 0.25) is 0 Å². The van der Waals surface area contributed by atoms with E-state index in [1.807, 2.05) is 16.7 Å². The number of aromatic nitrogens is 5. The summed E-state index contributed by atoms with van der Waals surface area (Å²) in [5, 5.41) is 30.0. The van der Waals surface area contributed by atoms with Gasteiger partial charge in [-0.15, -0.1) is 10.2 Å². The Morgan fingerprint density at radius 1 is 1.26 bits per heavy atom. The lowest BCUT2D eigenvalue weighted by Gasteiger charge is -2.38. The van der Waals surface area contributed by atoms with Gasteiger partial charge in [0.15, 0.2) is 11.6 Å². The molecule has 0 saturated carbocycles. The summed E-state index contributed by atoms with van der Waals surface area (Å²) < 4.78 is 24.5. The lowest BCUT2D eigenvalue weighted by molar-refractivity contribution is -0.391. The molecule has 2 aliphatic rings. The number of ether oxygens (including phenoxy) is 1. The molecule has 1 aromatic carbocycles. The van der Waals surface area contributed by atoms with Crippen molar-refractivity contribution in [2.75, 3.05) is 42.6 Å². The Kier molecular flexibility index (Phi) is 5.71. The first kappa shape index (κ1) is 24.7. The summed E-state index contributed by atoms with van der Waals surface area (Å²) >= 11 is 1.25. The van der Waals surface area contributed by atoms with Crippen LogP contribution in [-0.4, -0.2) is 73.1 Å². The highest BCUT2D eigenvalue weighted by molar-refractivity contribution is 7.18. The smallest absolute Gasteiger partial charge is 0.342 e. The lowest BCUT2D eigenvalue weighted by atomic mass is 10.1. The number of carbonyl (C=O) groups is 1. The van der Waals surface area contributed by atoms with Gasteiger partial charge in [-0.1, -0.05) is 11.3 Å². The minimum atomic E-state index is -1.37. The summed E-state index contributed by atoms with van der Waals surface area (Å²) in [6.45, 7) is 3.81. The first-order valence-corrected chi connectivity index (χ1v) is 12.7. The second-order valence-electron chi connectivity index (χ2n) is 9.30. The minimum absolute atomic E-state index is 0.0350. The molecule has 1 atom stereocenters. The molecule has 1 fully saturated rings. The third-order valence-corrected chi connectivity index (χ3v) is 7.98. The van der Waals surface area contributed by atoms with Crippen molar-refractivity contribution in [3.63, 3.8) is 0 Å². The van der Waals surface area contributed by atoms with Gasteiger partial charge in [0.1, 0.15) is 24.1 Å². The number of hydrogen-bond donors (Lipinski definition) is 1. The molecule has 1 N–H and O–H groups in total. The van der Waals surface area contributed by atoms with Crippen molar-refractivity contribution in [3.8, 4) is 16.6 Å². The van der Waals surface area contributed by atoms with Gasteiger partial charge in [0, 0.05) is 32.4 Å². The van der Waals surface area contributed by atoms with Crippen molar-refractivity contribution in [2.45, 2.75) is 13.0 Å². The molecule has 4 aromatic rings. The molecule has 14 nitrogen and oxygen atoms in total. The molecule has 0 bridgehead atoms. The van der Waals surface area contributed by atoms with E-state index in [4.69, 9.17) is 4.74 Å². The molecular weight excluding hydrogens is 535 g/mol. The van der Waals surface area contributed by atoms with E-state index in [0.717, 1.165) is 6.07 Å². The Morgan fingerprint density at radius 3 is 2.64 bits per heavy atom. The van der Waals surface area contributed by atoms with Crippen LogP contribution < -0.4 is 20.0 Å². The number of benzene rings is 1. The van der Waals surface area contributed by atoms with Gasteiger partial charge in [-0.05, 0) is 17.9 Å². The number of pyridine rings is 1. The van der Waals surface area contributed by atoms with Gasteiger partial charge in [0.2, 0.25) is 15.6 Å². The monoisotopic (exact) mass is 556 g/mol. The third-order valence-electron chi connectivity index (χ3n) is 7.00. The summed E-state index contributed by atoms with van der Waals surface area (Å²) in [5.74, 6) is -1.63. The standard InChI is InChI=1S/C23H21FN8O6S/c1-11-10-38-19-16-12(18(33)13(22(34)35)9-31(11)16)7-14(24)17(19)29-3-5-30(6-4-29)23-27-26-21(39-23)20-25-8-15(28(20)2)32(36)37/h7-9,11H,3-6,10H2,1-2H3,(H,34,35)/t11-/m0/s1. The maximum absolute atomic E-state index is 15.5. The number of rotatable bonds is 5. The van der Waals surface area contributed by atoms with Crippen LogP contribution in [0.1, 0.15) is 23.3 Å². The molecule has 16 heteroatoms. The van der Waals surface area contributed by atoms with Gasteiger partial charge >= 0.3 is 11.8 Å². The van der Waals surface area contributed by atoms with E-state index in [0.29, 0.717) is 47.7 Å². The zero-order chi connectivity index (χ0) is 27.6. The van der Waals surface area contributed by atoms with Gasteiger partial charge in [-0.25, -0.2) is 18.7 Å². The van der Waals surface area contributed by atoms with Gasteiger partial charge in [0.25, 0.3) is 5.82 Å². The van der Waals surface area contributed by atoms with Crippen molar-refractivity contribution in [1.29, 1.82) is 0 Å². The average molecular weight is 557 g/mol. The van der Waals surface area contributed by atoms with Gasteiger partial charge in [-0.2, -0.15) is 0 Å². The highest BCUT2D eigenvalue weighted by Crippen LogP contribution is 2.42. The van der Waals surface area contributed by atoms with E-state index in [1.54, 1.807) is 4.57 Å². The highest BCUT2D eigenvalue weighted by atomic mass is 32.1. The topological polar surface area (TPSA) is 162 Å². The van der Waals surface area contributed by atoms with Crippen LogP contribution in [-0.2, 0) is 7.05 Å². The van der Waals surface area contributed by atoms with Crippen LogP contribution in [0.15, 0.2) is 23.3 Å². The Labute approximate surface area is 222 Å². The predicted molar refractivity (Wildman–Crippen MR) is 139 cm³/mol. The van der Waals surface area contributed by atoms with Crippen molar-refractivity contribution >= 4 is 44.8 Å². The molecule has 0 radical (unpaired) electrons. The summed E-state index contributed by atoms with van der Waals surface area (Å²) in [4.78, 5) is 43.0. The largest absolute Gasteiger partial charge is 0.487 e. The molecule has 0 aliphatic carbocycles. The molecule has 39 heavy (non-hydrogen) atoms. The summed E-state index contributed by atoms with van der Waals surface area (Å²) in [5.41, 5.74) is -0.573. The van der Waals surface area contributed by atoms with E-state index < -0.39 is 27.7 Å². The molecule has 202 valence electrons. The minimum Gasteiger partial charge on any atom is -0.487 e. The maximum atomic E-state index is 15.5. The van der Waals surface area contributed by atoms with Gasteiger partial charge in [-0.3, -0.25) is 4.79 Å². The fourth-order valence-electron chi connectivity index (χ4n) is 4.98. The van der Waals surface area contributed by atoms with Crippen LogP contribution in [0.25, 0.3) is 21.7 Å². The second-order valence-corrected chi connectivity index (χ2v) is 10.3. The summed E-state index contributed by atoms with van der Waals surface area (Å²) in [6, 6.07) is 0.844. The number of halogens is 1. The van der Waals surface area contributed by atoms with E-state index >= 15 is 4.39 Å². The van der Waals surface area contributed by atoms with Crippen LogP contribution in [0.5, 0.6) is 5.75 Å². The van der Waals surface area contributed by atoms with Crippen LogP contribution in [0, 0.1) is 15.9 Å². The molecular formula is C23H21FN8O6S. The number of nitro groups is 1. The zero-order valence-corrected chi connectivity index (χ0v) is 21.5. The molecule has 6 rings (SSSR count). The van der Waals surface area contributed by atoms with E-state index in [9.17, 15) is 24.8 Å². The fourth-order valence-corrected chi connectivity index (χ4v) is 5.91. The Bertz CT molecular complexity index is 1720. The Balaban J connectivity index is 1.29. The van der Waals surface area contributed by atoms with Crippen LogP contribution in [0.4, 0.5) is 21.0 Å². The van der Waals surface area contributed by atoms with Crippen molar-refractivity contribution in [1.82, 2.24) is 24.3 Å². The van der Waals surface area contributed by atoms with Gasteiger partial charge in [0.05, 0.1) is 24.0 Å². The first-order valence-electron chi connectivity index (χ1n) is 11.9. The summed E-state index contributed by atoms with van der Waals surface area (Å²) in [6.07, 6.45) is 2.47. The fraction of sp³-hybridized carbons (Fsp3) is 0.348. The number of imidazole rings is 1. The van der Waals surface area contributed by atoms with Crippen LogP contribution in [0.3, 0.4) is 0 Å². The van der Waals surface area contributed by atoms with Crippen molar-refractivity contribution in [2.24, 2.45) is 7.05 Å². The zero-order valence-electron chi connectivity index (χ0n) is 20.7. The normalized spacial score (nSPS) is 16.9.